The Morgan fingerprint density at radius 1 is 1.20 bits per heavy atom. The summed E-state index contributed by atoms with van der Waals surface area (Å²) in [6, 6.07) is 6.01. The molecule has 2 aromatic heterocycles. The number of guanidine groups is 1. The lowest BCUT2D eigenvalue weighted by atomic mass is 10.2. The Kier molecular flexibility index (Phi) is 9.12. The highest BCUT2D eigenvalue weighted by Crippen LogP contribution is 2.17. The summed E-state index contributed by atoms with van der Waals surface area (Å²) >= 11 is 1.68. The number of anilines is 1. The quantitative estimate of drug-likeness (QED) is 0.383. The van der Waals surface area contributed by atoms with Gasteiger partial charge in [-0.25, -0.2) is 9.97 Å². The van der Waals surface area contributed by atoms with Gasteiger partial charge in [-0.05, 0) is 18.1 Å². The average molecular weight is 474 g/mol. The van der Waals surface area contributed by atoms with Crippen LogP contribution in [0.4, 0.5) is 5.82 Å². The van der Waals surface area contributed by atoms with E-state index in [1.54, 1.807) is 18.4 Å². The summed E-state index contributed by atoms with van der Waals surface area (Å²) < 4.78 is 0. The van der Waals surface area contributed by atoms with Gasteiger partial charge >= 0.3 is 0 Å². The molecule has 0 spiro atoms. The van der Waals surface area contributed by atoms with Crippen LogP contribution in [-0.2, 0) is 13.1 Å². The van der Waals surface area contributed by atoms with Gasteiger partial charge in [-0.3, -0.25) is 4.99 Å². The maximum absolute atomic E-state index is 4.62. The van der Waals surface area contributed by atoms with Crippen LogP contribution in [-0.4, -0.2) is 37.1 Å². The Bertz CT molecular complexity index is 683. The van der Waals surface area contributed by atoms with Gasteiger partial charge in [-0.1, -0.05) is 19.9 Å². The fraction of sp³-hybridized carbons (Fsp3) is 0.471. The monoisotopic (exact) mass is 474 g/mol. The van der Waals surface area contributed by atoms with Crippen molar-refractivity contribution in [2.75, 3.05) is 26.0 Å². The zero-order chi connectivity index (χ0) is 17.5. The van der Waals surface area contributed by atoms with E-state index in [1.165, 1.54) is 0 Å². The van der Waals surface area contributed by atoms with E-state index in [0.717, 1.165) is 28.2 Å². The Labute approximate surface area is 171 Å². The van der Waals surface area contributed by atoms with Gasteiger partial charge in [0.2, 0.25) is 0 Å². The van der Waals surface area contributed by atoms with Crippen molar-refractivity contribution in [1.82, 2.24) is 20.6 Å². The Morgan fingerprint density at radius 2 is 1.92 bits per heavy atom. The first-order valence-corrected chi connectivity index (χ1v) is 8.89. The molecule has 2 aromatic rings. The summed E-state index contributed by atoms with van der Waals surface area (Å²) in [5, 5.41) is 9.76. The van der Waals surface area contributed by atoms with Crippen LogP contribution in [0.3, 0.4) is 0 Å². The van der Waals surface area contributed by atoms with Gasteiger partial charge in [-0.2, -0.15) is 0 Å². The van der Waals surface area contributed by atoms with E-state index in [9.17, 15) is 0 Å². The highest BCUT2D eigenvalue weighted by molar-refractivity contribution is 14.0. The maximum Gasteiger partial charge on any atom is 0.191 e. The fourth-order valence-electron chi connectivity index (χ4n) is 2.04. The van der Waals surface area contributed by atoms with Crippen LogP contribution < -0.4 is 15.5 Å². The molecular weight excluding hydrogens is 447 g/mol. The number of nitrogens with one attached hydrogen (secondary N) is 2. The third-order valence-corrected chi connectivity index (χ3v) is 4.35. The summed E-state index contributed by atoms with van der Waals surface area (Å²) in [5.74, 6) is 2.15. The lowest BCUT2D eigenvalue weighted by Crippen LogP contribution is -2.36. The summed E-state index contributed by atoms with van der Waals surface area (Å²) in [4.78, 5) is 15.5. The highest BCUT2D eigenvalue weighted by Gasteiger charge is 2.07. The number of rotatable bonds is 6. The molecule has 8 heteroatoms. The summed E-state index contributed by atoms with van der Waals surface area (Å²) in [6.45, 7) is 5.60. The molecule has 6 nitrogen and oxygen atoms in total. The van der Waals surface area contributed by atoms with Crippen molar-refractivity contribution < 1.29 is 0 Å². The summed E-state index contributed by atoms with van der Waals surface area (Å²) in [7, 11) is 5.74. The molecule has 0 bridgehead atoms. The maximum atomic E-state index is 4.62. The molecule has 2 rings (SSSR count). The molecule has 0 atom stereocenters. The van der Waals surface area contributed by atoms with E-state index < -0.39 is 0 Å². The first kappa shape index (κ1) is 21.6. The minimum Gasteiger partial charge on any atom is -0.363 e. The third kappa shape index (κ3) is 6.77. The molecule has 0 fully saturated rings. The minimum absolute atomic E-state index is 0. The molecule has 0 saturated heterocycles. The van der Waals surface area contributed by atoms with Gasteiger partial charge in [0.15, 0.2) is 5.96 Å². The molecule has 0 aromatic carbocycles. The fourth-order valence-corrected chi connectivity index (χ4v) is 2.94. The number of aromatic nitrogens is 2. The van der Waals surface area contributed by atoms with Crippen molar-refractivity contribution in [3.05, 3.63) is 40.0 Å². The van der Waals surface area contributed by atoms with E-state index >= 15 is 0 Å². The molecule has 2 N–H and O–H groups in total. The molecule has 25 heavy (non-hydrogen) atoms. The molecule has 0 amide bonds. The van der Waals surface area contributed by atoms with E-state index in [0.29, 0.717) is 19.0 Å². The largest absolute Gasteiger partial charge is 0.363 e. The van der Waals surface area contributed by atoms with Gasteiger partial charge in [0.25, 0.3) is 0 Å². The van der Waals surface area contributed by atoms with E-state index in [2.05, 4.69) is 44.8 Å². The topological polar surface area (TPSA) is 65.4 Å². The average Bonchev–Trinajstić information content (AvgIpc) is 3.04. The Morgan fingerprint density at radius 3 is 2.52 bits per heavy atom. The summed E-state index contributed by atoms with van der Waals surface area (Å²) in [5.41, 5.74) is 2.12. The predicted octanol–water partition coefficient (Wildman–Crippen LogP) is 3.21. The van der Waals surface area contributed by atoms with Crippen LogP contribution in [0, 0.1) is 0 Å². The van der Waals surface area contributed by atoms with Crippen molar-refractivity contribution in [2.45, 2.75) is 32.9 Å². The van der Waals surface area contributed by atoms with Gasteiger partial charge < -0.3 is 15.5 Å². The van der Waals surface area contributed by atoms with Crippen LogP contribution in [0.15, 0.2) is 28.6 Å². The second-order valence-corrected chi connectivity index (χ2v) is 6.92. The van der Waals surface area contributed by atoms with Crippen molar-refractivity contribution in [3.8, 4) is 0 Å². The summed E-state index contributed by atoms with van der Waals surface area (Å²) in [6.07, 6.45) is 0. The molecule has 2 heterocycles. The van der Waals surface area contributed by atoms with E-state index in [4.69, 9.17) is 0 Å². The van der Waals surface area contributed by atoms with Crippen LogP contribution in [0.5, 0.6) is 0 Å². The molecule has 0 aliphatic carbocycles. The number of aliphatic imine (C=N–C) groups is 1. The number of hydrogen-bond acceptors (Lipinski definition) is 5. The van der Waals surface area contributed by atoms with Crippen molar-refractivity contribution in [3.63, 3.8) is 0 Å². The van der Waals surface area contributed by atoms with Crippen LogP contribution in [0.25, 0.3) is 0 Å². The zero-order valence-electron chi connectivity index (χ0n) is 15.4. The number of nitrogens with zero attached hydrogens (tertiary/aromatic N) is 4. The first-order chi connectivity index (χ1) is 11.5. The molecule has 0 saturated carbocycles. The Balaban J connectivity index is 0.00000312. The molecular formula is C17H27IN6S. The van der Waals surface area contributed by atoms with Gasteiger partial charge in [0.05, 0.1) is 24.5 Å². The number of halogens is 1. The van der Waals surface area contributed by atoms with E-state index in [1.807, 2.05) is 37.2 Å². The number of thiazole rings is 1. The van der Waals surface area contributed by atoms with Crippen LogP contribution in [0.2, 0.25) is 0 Å². The van der Waals surface area contributed by atoms with Gasteiger partial charge in [0, 0.05) is 26.5 Å². The molecule has 0 radical (unpaired) electrons. The molecule has 0 unspecified atom stereocenters. The van der Waals surface area contributed by atoms with Gasteiger partial charge in [-0.15, -0.1) is 35.3 Å². The first-order valence-electron chi connectivity index (χ1n) is 8.01. The van der Waals surface area contributed by atoms with Crippen molar-refractivity contribution in [2.24, 2.45) is 4.99 Å². The van der Waals surface area contributed by atoms with Crippen LogP contribution in [0.1, 0.15) is 36.2 Å². The van der Waals surface area contributed by atoms with Gasteiger partial charge in [0.1, 0.15) is 10.8 Å². The number of hydrogen-bond donors (Lipinski definition) is 2. The van der Waals surface area contributed by atoms with Crippen LogP contribution >= 0.6 is 35.3 Å². The second kappa shape index (κ2) is 10.5. The number of pyridine rings is 1. The highest BCUT2D eigenvalue weighted by atomic mass is 127. The molecule has 0 aliphatic rings. The smallest absolute Gasteiger partial charge is 0.191 e. The molecule has 0 aliphatic heterocycles. The normalized spacial score (nSPS) is 11.2. The minimum atomic E-state index is 0. The standard InChI is InChI=1S/C17H26N6S.HI/c1-12(2)14-11-24-16(22-14)10-20-17(18-3)19-9-13-7-6-8-15(21-13)23(4)5;/h6-8,11-12H,9-10H2,1-5H3,(H2,18,19,20);1H. The third-order valence-electron chi connectivity index (χ3n) is 3.48. The predicted molar refractivity (Wildman–Crippen MR) is 117 cm³/mol. The second-order valence-electron chi connectivity index (χ2n) is 5.98. The molecule has 138 valence electrons. The van der Waals surface area contributed by atoms with E-state index in [-0.39, 0.29) is 24.0 Å². The Hall–Kier alpha value is -1.42. The van der Waals surface area contributed by atoms with Crippen molar-refractivity contribution in [1.29, 1.82) is 0 Å². The lowest BCUT2D eigenvalue weighted by Gasteiger charge is -2.14. The van der Waals surface area contributed by atoms with Crippen molar-refractivity contribution >= 4 is 47.1 Å². The SMILES string of the molecule is CN=C(NCc1cccc(N(C)C)n1)NCc1nc(C(C)C)cs1.I. The zero-order valence-corrected chi connectivity index (χ0v) is 18.6. The lowest BCUT2D eigenvalue weighted by molar-refractivity contribution is 0.777.